The van der Waals surface area contributed by atoms with E-state index in [9.17, 15) is 8.42 Å². The smallest absolute Gasteiger partial charge is 0.243 e. The number of ether oxygens (including phenoxy) is 1. The maximum atomic E-state index is 13.4. The maximum Gasteiger partial charge on any atom is 0.243 e. The minimum atomic E-state index is -3.55. The highest BCUT2D eigenvalue weighted by molar-refractivity contribution is 7.89. The third kappa shape index (κ3) is 3.45. The first-order valence-electron chi connectivity index (χ1n) is 11.7. The van der Waals surface area contributed by atoms with E-state index in [1.54, 1.807) is 28.6 Å². The van der Waals surface area contributed by atoms with Crippen molar-refractivity contribution in [1.82, 2.24) is 8.87 Å². The lowest BCUT2D eigenvalue weighted by Gasteiger charge is -2.52. The lowest BCUT2D eigenvalue weighted by Crippen LogP contribution is -2.56. The Labute approximate surface area is 196 Å². The van der Waals surface area contributed by atoms with Crippen molar-refractivity contribution in [2.75, 3.05) is 31.1 Å². The van der Waals surface area contributed by atoms with Crippen LogP contribution in [0, 0.1) is 6.92 Å². The van der Waals surface area contributed by atoms with Crippen LogP contribution in [-0.2, 0) is 15.6 Å². The molecule has 0 amide bonds. The van der Waals surface area contributed by atoms with Crippen molar-refractivity contribution < 1.29 is 13.2 Å². The minimum absolute atomic E-state index is 0.218. The molecule has 6 nitrogen and oxygen atoms in total. The van der Waals surface area contributed by atoms with E-state index in [1.165, 1.54) is 22.6 Å². The molecule has 0 aliphatic carbocycles. The first-order valence-corrected chi connectivity index (χ1v) is 13.1. The topological polar surface area (TPSA) is 54.8 Å². The van der Waals surface area contributed by atoms with Crippen LogP contribution >= 0.6 is 0 Å². The van der Waals surface area contributed by atoms with E-state index in [2.05, 4.69) is 59.8 Å². The number of hydrogen-bond acceptors (Lipinski definition) is 4. The maximum absolute atomic E-state index is 13.4. The first-order chi connectivity index (χ1) is 15.9. The molecule has 0 unspecified atom stereocenters. The van der Waals surface area contributed by atoms with Gasteiger partial charge in [0.1, 0.15) is 5.75 Å². The monoisotopic (exact) mass is 465 g/mol. The summed E-state index contributed by atoms with van der Waals surface area (Å²) in [6, 6.07) is 17.6. The van der Waals surface area contributed by atoms with Gasteiger partial charge in [-0.15, -0.1) is 0 Å². The third-order valence-electron chi connectivity index (χ3n) is 7.06. The Morgan fingerprint density at radius 2 is 1.70 bits per heavy atom. The van der Waals surface area contributed by atoms with Crippen LogP contribution in [0.3, 0.4) is 0 Å². The molecule has 0 saturated carbocycles. The van der Waals surface area contributed by atoms with E-state index in [1.807, 2.05) is 6.92 Å². The zero-order chi connectivity index (χ0) is 23.2. The average molecular weight is 466 g/mol. The molecule has 2 aliphatic rings. The van der Waals surface area contributed by atoms with Gasteiger partial charge in [0.25, 0.3) is 0 Å². The van der Waals surface area contributed by atoms with Crippen LogP contribution in [0.5, 0.6) is 5.75 Å². The highest BCUT2D eigenvalue weighted by Gasteiger charge is 2.47. The quantitative estimate of drug-likeness (QED) is 0.548. The van der Waals surface area contributed by atoms with Crippen molar-refractivity contribution in [2.24, 2.45) is 0 Å². The number of rotatable bonds is 5. The molecule has 5 rings (SSSR count). The number of fused-ring (bicyclic) bond motifs is 4. The third-order valence-corrected chi connectivity index (χ3v) is 8.97. The first kappa shape index (κ1) is 22.0. The van der Waals surface area contributed by atoms with E-state index >= 15 is 0 Å². The Bertz CT molecular complexity index is 1260. The van der Waals surface area contributed by atoms with Gasteiger partial charge in [-0.2, -0.15) is 4.31 Å². The normalized spacial score (nSPS) is 17.6. The molecule has 3 heterocycles. The van der Waals surface area contributed by atoms with Gasteiger partial charge in [-0.3, -0.25) is 0 Å². The van der Waals surface area contributed by atoms with E-state index in [4.69, 9.17) is 4.74 Å². The minimum Gasteiger partial charge on any atom is -0.494 e. The Hall–Kier alpha value is -2.77. The summed E-state index contributed by atoms with van der Waals surface area (Å²) in [6.07, 6.45) is 3.62. The lowest BCUT2D eigenvalue weighted by molar-refractivity contribution is 0.215. The Kier molecular flexibility index (Phi) is 5.49. The second-order valence-electron chi connectivity index (χ2n) is 8.84. The van der Waals surface area contributed by atoms with E-state index in [0.717, 1.165) is 19.4 Å². The molecule has 0 bridgehead atoms. The van der Waals surface area contributed by atoms with Crippen LogP contribution < -0.4 is 9.64 Å². The van der Waals surface area contributed by atoms with Gasteiger partial charge in [-0.05, 0) is 87.7 Å². The summed E-state index contributed by atoms with van der Waals surface area (Å²) in [6.45, 7) is 8.62. The predicted molar refractivity (Wildman–Crippen MR) is 131 cm³/mol. The zero-order valence-electron chi connectivity index (χ0n) is 19.5. The number of nitrogens with zero attached hydrogens (tertiary/aromatic N) is 3. The van der Waals surface area contributed by atoms with Crippen molar-refractivity contribution in [3.8, 4) is 11.4 Å². The van der Waals surface area contributed by atoms with Crippen LogP contribution in [0.2, 0.25) is 0 Å². The lowest BCUT2D eigenvalue weighted by atomic mass is 9.81. The van der Waals surface area contributed by atoms with Crippen LogP contribution in [0.4, 0.5) is 5.69 Å². The zero-order valence-corrected chi connectivity index (χ0v) is 20.3. The van der Waals surface area contributed by atoms with Gasteiger partial charge in [0, 0.05) is 31.5 Å². The van der Waals surface area contributed by atoms with E-state index < -0.39 is 10.0 Å². The summed E-state index contributed by atoms with van der Waals surface area (Å²) in [4.78, 5) is 2.81. The van der Waals surface area contributed by atoms with Crippen molar-refractivity contribution in [2.45, 2.75) is 44.0 Å². The highest BCUT2D eigenvalue weighted by atomic mass is 32.2. The summed E-state index contributed by atoms with van der Waals surface area (Å²) in [5.41, 5.74) is 4.68. The van der Waals surface area contributed by atoms with Crippen molar-refractivity contribution >= 4 is 15.7 Å². The van der Waals surface area contributed by atoms with Gasteiger partial charge in [0.2, 0.25) is 10.0 Å². The Morgan fingerprint density at radius 1 is 0.970 bits per heavy atom. The summed E-state index contributed by atoms with van der Waals surface area (Å²) in [5.74, 6) is 0.685. The fraction of sp³-hybridized carbons (Fsp3) is 0.385. The summed E-state index contributed by atoms with van der Waals surface area (Å²) >= 11 is 0. The second-order valence-corrected chi connectivity index (χ2v) is 10.8. The molecule has 7 heteroatoms. The average Bonchev–Trinajstić information content (AvgIpc) is 3.31. The highest BCUT2D eigenvalue weighted by Crippen LogP contribution is 2.48. The molecule has 2 aromatic carbocycles. The predicted octanol–water partition coefficient (Wildman–Crippen LogP) is 4.70. The van der Waals surface area contributed by atoms with Crippen LogP contribution in [0.1, 0.15) is 37.9 Å². The van der Waals surface area contributed by atoms with Gasteiger partial charge < -0.3 is 14.2 Å². The Morgan fingerprint density at radius 3 is 2.36 bits per heavy atom. The molecule has 3 aromatic rings. The number of piperidine rings is 1. The number of hydrogen-bond donors (Lipinski definition) is 0. The summed E-state index contributed by atoms with van der Waals surface area (Å²) in [7, 11) is -3.55. The van der Waals surface area contributed by atoms with Gasteiger partial charge in [-0.25, -0.2) is 8.42 Å². The number of sulfonamides is 1. The molecule has 2 aliphatic heterocycles. The van der Waals surface area contributed by atoms with Crippen molar-refractivity contribution in [3.63, 3.8) is 0 Å². The number of aromatic nitrogens is 1. The molecule has 1 fully saturated rings. The van der Waals surface area contributed by atoms with Crippen LogP contribution in [-0.4, -0.2) is 43.5 Å². The molecule has 0 atom stereocenters. The number of aryl methyl sites for hydroxylation is 1. The molecule has 1 aromatic heterocycles. The molecule has 174 valence electrons. The van der Waals surface area contributed by atoms with Crippen molar-refractivity contribution in [1.29, 1.82) is 0 Å². The molecular formula is C26H31N3O3S. The fourth-order valence-corrected chi connectivity index (χ4v) is 6.95. The fourth-order valence-electron chi connectivity index (χ4n) is 5.51. The molecule has 0 radical (unpaired) electrons. The standard InChI is InChI=1S/C26H31N3O3S/c1-4-29-24-19-20(3)8-13-23(24)28-16-6-7-25(28)26(29)14-17-27(18-15-26)33(30,31)22-11-9-21(10-12-22)32-5-2/h6-13,16,19H,4-5,14-15,17-18H2,1-3H3. The van der Waals surface area contributed by atoms with Crippen LogP contribution in [0.15, 0.2) is 65.7 Å². The van der Waals surface area contributed by atoms with Gasteiger partial charge in [0.15, 0.2) is 0 Å². The summed E-state index contributed by atoms with van der Waals surface area (Å²) in [5, 5.41) is 0. The molecule has 0 N–H and O–H groups in total. The van der Waals surface area contributed by atoms with Gasteiger partial charge in [-0.1, -0.05) is 6.07 Å². The van der Waals surface area contributed by atoms with Gasteiger partial charge in [0.05, 0.1) is 28.4 Å². The van der Waals surface area contributed by atoms with E-state index in [-0.39, 0.29) is 5.54 Å². The number of benzene rings is 2. The molecule has 1 saturated heterocycles. The van der Waals surface area contributed by atoms with Crippen molar-refractivity contribution in [3.05, 3.63) is 72.1 Å². The molecule has 33 heavy (non-hydrogen) atoms. The SMILES string of the molecule is CCOc1ccc(S(=O)(=O)N2CCC3(CC2)c2cccn2-c2ccc(C)cc2N3CC)cc1. The Balaban J connectivity index is 1.46. The van der Waals surface area contributed by atoms with E-state index in [0.29, 0.717) is 30.3 Å². The van der Waals surface area contributed by atoms with Gasteiger partial charge >= 0.3 is 0 Å². The second kappa shape index (κ2) is 8.22. The molecule has 1 spiro atoms. The van der Waals surface area contributed by atoms with Crippen LogP contribution in [0.25, 0.3) is 5.69 Å². The largest absolute Gasteiger partial charge is 0.494 e. The number of anilines is 1. The molecular weight excluding hydrogens is 434 g/mol. The summed E-state index contributed by atoms with van der Waals surface area (Å²) < 4.78 is 36.2.